The third-order valence-electron chi connectivity index (χ3n) is 2.49. The van der Waals surface area contributed by atoms with Gasteiger partial charge in [-0.15, -0.1) is 0 Å². The Hall–Kier alpha value is -1.30. The van der Waals surface area contributed by atoms with E-state index < -0.39 is 12.2 Å². The van der Waals surface area contributed by atoms with Gasteiger partial charge >= 0.3 is 0 Å². The van der Waals surface area contributed by atoms with Gasteiger partial charge in [-0.1, -0.05) is 0 Å². The quantitative estimate of drug-likeness (QED) is 0.669. The molecule has 1 aromatic carbocycles. The van der Waals surface area contributed by atoms with Gasteiger partial charge in [-0.3, -0.25) is 0 Å². The lowest BCUT2D eigenvalue weighted by molar-refractivity contribution is 0.0200. The minimum atomic E-state index is -0.980. The zero-order valence-electron chi connectivity index (χ0n) is 10.3. The molecule has 5 nitrogen and oxygen atoms in total. The van der Waals surface area contributed by atoms with Crippen molar-refractivity contribution in [3.05, 3.63) is 23.8 Å². The van der Waals surface area contributed by atoms with E-state index in [0.717, 1.165) is 0 Å². The molecular weight excluding hydrogens is 222 g/mol. The molecule has 0 fully saturated rings. The maximum atomic E-state index is 9.96. The average molecular weight is 241 g/mol. The molecule has 0 aliphatic heterocycles. The third kappa shape index (κ3) is 3.59. The topological polar surface area (TPSA) is 71.0 Å². The van der Waals surface area contributed by atoms with Crippen molar-refractivity contribution >= 4 is 0 Å². The lowest BCUT2D eigenvalue weighted by atomic mass is 10.0. The Kier molecular flexibility index (Phi) is 5.21. The molecule has 0 bridgehead atoms. The van der Waals surface area contributed by atoms with E-state index in [9.17, 15) is 10.2 Å². The highest BCUT2D eigenvalue weighted by molar-refractivity contribution is 5.39. The number of rotatable bonds is 6. The van der Waals surface area contributed by atoms with E-state index in [4.69, 9.17) is 9.47 Å². The van der Waals surface area contributed by atoms with Crippen LogP contribution in [0.4, 0.5) is 0 Å². The van der Waals surface area contributed by atoms with E-state index in [1.165, 1.54) is 14.2 Å². The lowest BCUT2D eigenvalue weighted by Gasteiger charge is -2.19. The second-order valence-corrected chi connectivity index (χ2v) is 3.72. The Morgan fingerprint density at radius 3 is 2.06 bits per heavy atom. The Balaban J connectivity index is 2.95. The molecule has 3 N–H and O–H groups in total. The molecule has 96 valence electrons. The van der Waals surface area contributed by atoms with Gasteiger partial charge in [0.15, 0.2) is 0 Å². The van der Waals surface area contributed by atoms with E-state index in [2.05, 4.69) is 5.32 Å². The predicted octanol–water partition coefficient (Wildman–Crippen LogP) is 0.317. The van der Waals surface area contributed by atoms with Crippen LogP contribution in [0, 0.1) is 0 Å². The van der Waals surface area contributed by atoms with Crippen molar-refractivity contribution < 1.29 is 19.7 Å². The first kappa shape index (κ1) is 13.8. The fraction of sp³-hybridized carbons (Fsp3) is 0.500. The van der Waals surface area contributed by atoms with Crippen molar-refractivity contribution in [3.63, 3.8) is 0 Å². The van der Waals surface area contributed by atoms with Gasteiger partial charge in [0.05, 0.1) is 20.3 Å². The number of aliphatic hydroxyl groups excluding tert-OH is 2. The van der Waals surface area contributed by atoms with Crippen LogP contribution in [-0.2, 0) is 0 Å². The van der Waals surface area contributed by atoms with Gasteiger partial charge in [0.1, 0.15) is 17.6 Å². The number of nitrogens with one attached hydrogen (secondary N) is 1. The van der Waals surface area contributed by atoms with Gasteiger partial charge in [-0.05, 0) is 24.7 Å². The molecule has 0 heterocycles. The van der Waals surface area contributed by atoms with E-state index in [1.807, 2.05) is 0 Å². The monoisotopic (exact) mass is 241 g/mol. The molecule has 5 heteroatoms. The van der Waals surface area contributed by atoms with E-state index >= 15 is 0 Å². The maximum absolute atomic E-state index is 9.96. The van der Waals surface area contributed by atoms with Crippen LogP contribution in [-0.4, -0.2) is 44.1 Å². The summed E-state index contributed by atoms with van der Waals surface area (Å²) in [5.74, 6) is 1.16. The number of benzene rings is 1. The van der Waals surface area contributed by atoms with Crippen LogP contribution in [0.2, 0.25) is 0 Å². The molecule has 2 atom stereocenters. The summed E-state index contributed by atoms with van der Waals surface area (Å²) in [6.07, 6.45) is -1.86. The summed E-state index contributed by atoms with van der Waals surface area (Å²) in [4.78, 5) is 0. The Morgan fingerprint density at radius 1 is 1.12 bits per heavy atom. The number of methoxy groups -OCH3 is 2. The van der Waals surface area contributed by atoms with Gasteiger partial charge in [0.25, 0.3) is 0 Å². The normalized spacial score (nSPS) is 14.2. The highest BCUT2D eigenvalue weighted by Gasteiger charge is 2.19. The average Bonchev–Trinajstić information content (AvgIpc) is 2.37. The Labute approximate surface area is 101 Å². The fourth-order valence-electron chi connectivity index (χ4n) is 1.54. The first-order valence-electron chi connectivity index (χ1n) is 5.36. The second-order valence-electron chi connectivity index (χ2n) is 3.72. The van der Waals surface area contributed by atoms with Crippen LogP contribution in [0.15, 0.2) is 18.2 Å². The number of hydrogen-bond acceptors (Lipinski definition) is 5. The minimum absolute atomic E-state index is 0.306. The van der Waals surface area contributed by atoms with Gasteiger partial charge in [0.2, 0.25) is 0 Å². The number of aliphatic hydroxyl groups is 2. The summed E-state index contributed by atoms with van der Waals surface area (Å²) < 4.78 is 10.2. The number of hydrogen-bond donors (Lipinski definition) is 3. The molecular formula is C12H19NO4. The summed E-state index contributed by atoms with van der Waals surface area (Å²) in [5.41, 5.74) is 0.559. The first-order valence-corrected chi connectivity index (χ1v) is 5.36. The van der Waals surface area contributed by atoms with E-state index in [-0.39, 0.29) is 0 Å². The van der Waals surface area contributed by atoms with Crippen molar-refractivity contribution in [3.8, 4) is 11.5 Å². The van der Waals surface area contributed by atoms with Crippen LogP contribution in [0.5, 0.6) is 11.5 Å². The molecule has 0 spiro atoms. The standard InChI is InChI=1S/C12H19NO4/c1-13-7-11(14)12(15)8-4-9(16-2)6-10(5-8)17-3/h4-6,11-15H,7H2,1-3H3. The number of ether oxygens (including phenoxy) is 2. The largest absolute Gasteiger partial charge is 0.497 e. The molecule has 0 amide bonds. The summed E-state index contributed by atoms with van der Waals surface area (Å²) in [6, 6.07) is 5.05. The van der Waals surface area contributed by atoms with Crippen LogP contribution in [0.25, 0.3) is 0 Å². The number of likely N-dealkylation sites (N-methyl/N-ethyl adjacent to an activating group) is 1. The van der Waals surface area contributed by atoms with Gasteiger partial charge < -0.3 is 25.0 Å². The van der Waals surface area contributed by atoms with Gasteiger partial charge in [0, 0.05) is 12.6 Å². The zero-order chi connectivity index (χ0) is 12.8. The first-order chi connectivity index (χ1) is 8.12. The smallest absolute Gasteiger partial charge is 0.122 e. The zero-order valence-corrected chi connectivity index (χ0v) is 10.3. The van der Waals surface area contributed by atoms with Crippen molar-refractivity contribution in [2.75, 3.05) is 27.8 Å². The van der Waals surface area contributed by atoms with Gasteiger partial charge in [-0.25, -0.2) is 0 Å². The SMILES string of the molecule is CNCC(O)C(O)c1cc(OC)cc(OC)c1. The maximum Gasteiger partial charge on any atom is 0.122 e. The van der Waals surface area contributed by atoms with Crippen LogP contribution >= 0.6 is 0 Å². The van der Waals surface area contributed by atoms with E-state index in [0.29, 0.717) is 23.6 Å². The molecule has 1 aromatic rings. The van der Waals surface area contributed by atoms with Crippen LogP contribution in [0.1, 0.15) is 11.7 Å². The van der Waals surface area contributed by atoms with Crippen LogP contribution < -0.4 is 14.8 Å². The van der Waals surface area contributed by atoms with Crippen LogP contribution in [0.3, 0.4) is 0 Å². The van der Waals surface area contributed by atoms with Crippen molar-refractivity contribution in [2.24, 2.45) is 0 Å². The molecule has 0 aromatic heterocycles. The fourth-order valence-corrected chi connectivity index (χ4v) is 1.54. The van der Waals surface area contributed by atoms with Crippen molar-refractivity contribution in [2.45, 2.75) is 12.2 Å². The molecule has 17 heavy (non-hydrogen) atoms. The van der Waals surface area contributed by atoms with Crippen molar-refractivity contribution in [1.82, 2.24) is 5.32 Å². The molecule has 0 saturated heterocycles. The summed E-state index contributed by atoms with van der Waals surface area (Å²) in [7, 11) is 4.78. The van der Waals surface area contributed by atoms with E-state index in [1.54, 1.807) is 25.2 Å². The highest BCUT2D eigenvalue weighted by atomic mass is 16.5. The molecule has 2 unspecified atom stereocenters. The third-order valence-corrected chi connectivity index (χ3v) is 2.49. The summed E-state index contributed by atoms with van der Waals surface area (Å²) in [6.45, 7) is 0.306. The molecule has 0 aliphatic rings. The highest BCUT2D eigenvalue weighted by Crippen LogP contribution is 2.27. The molecule has 0 aliphatic carbocycles. The summed E-state index contributed by atoms with van der Waals surface area (Å²) >= 11 is 0. The minimum Gasteiger partial charge on any atom is -0.497 e. The predicted molar refractivity (Wildman–Crippen MR) is 64.4 cm³/mol. The Bertz CT molecular complexity index is 334. The van der Waals surface area contributed by atoms with Crippen molar-refractivity contribution in [1.29, 1.82) is 0 Å². The Morgan fingerprint density at radius 2 is 1.65 bits per heavy atom. The molecule has 1 rings (SSSR count). The summed E-state index contributed by atoms with van der Waals surface area (Å²) in [5, 5.41) is 22.5. The molecule has 0 saturated carbocycles. The molecule has 0 radical (unpaired) electrons. The second kappa shape index (κ2) is 6.44. The lowest BCUT2D eigenvalue weighted by Crippen LogP contribution is -2.29. The van der Waals surface area contributed by atoms with Gasteiger partial charge in [-0.2, -0.15) is 0 Å².